The number of amides is 1. The quantitative estimate of drug-likeness (QED) is 0.882. The molecule has 2 heterocycles. The third-order valence-corrected chi connectivity index (χ3v) is 3.71. The minimum atomic E-state index is 0.103. The summed E-state index contributed by atoms with van der Waals surface area (Å²) in [4.78, 5) is 11.8. The Labute approximate surface area is 113 Å². The van der Waals surface area contributed by atoms with E-state index in [1.54, 1.807) is 0 Å². The number of ether oxygens (including phenoxy) is 1. The first-order valence-corrected chi connectivity index (χ1v) is 6.93. The summed E-state index contributed by atoms with van der Waals surface area (Å²) in [5, 5.41) is 6.90. The van der Waals surface area contributed by atoms with Crippen LogP contribution in [0.25, 0.3) is 0 Å². The molecule has 1 aromatic heterocycles. The zero-order valence-corrected chi connectivity index (χ0v) is 11.7. The van der Waals surface area contributed by atoms with E-state index < -0.39 is 0 Å². The Balaban J connectivity index is 1.69. The van der Waals surface area contributed by atoms with Crippen molar-refractivity contribution in [3.8, 4) is 0 Å². The number of rotatable bonds is 5. The lowest BCUT2D eigenvalue weighted by Gasteiger charge is -2.22. The van der Waals surface area contributed by atoms with E-state index in [2.05, 4.69) is 10.5 Å². The number of carbonyl (C=O) groups excluding carboxylic acids is 1. The molecular formula is C14H22N2O3. The van der Waals surface area contributed by atoms with E-state index in [4.69, 9.17) is 9.26 Å². The van der Waals surface area contributed by atoms with Crippen LogP contribution in [0.3, 0.4) is 0 Å². The number of hydrogen-bond acceptors (Lipinski definition) is 4. The smallest absolute Gasteiger partial charge is 0.220 e. The Morgan fingerprint density at radius 1 is 1.37 bits per heavy atom. The van der Waals surface area contributed by atoms with Gasteiger partial charge in [-0.3, -0.25) is 4.79 Å². The van der Waals surface area contributed by atoms with Crippen molar-refractivity contribution >= 4 is 5.91 Å². The first-order valence-electron chi connectivity index (χ1n) is 6.93. The maximum atomic E-state index is 11.8. The summed E-state index contributed by atoms with van der Waals surface area (Å²) in [6.07, 6.45) is 3.28. The Kier molecular flexibility index (Phi) is 4.96. The Bertz CT molecular complexity index is 403. The van der Waals surface area contributed by atoms with E-state index in [-0.39, 0.29) is 5.91 Å². The molecular weight excluding hydrogens is 244 g/mol. The molecule has 19 heavy (non-hydrogen) atoms. The van der Waals surface area contributed by atoms with Gasteiger partial charge >= 0.3 is 0 Å². The molecule has 5 nitrogen and oxygen atoms in total. The Hall–Kier alpha value is -1.36. The van der Waals surface area contributed by atoms with Crippen LogP contribution < -0.4 is 5.32 Å². The van der Waals surface area contributed by atoms with Crippen molar-refractivity contribution in [2.45, 2.75) is 39.5 Å². The van der Waals surface area contributed by atoms with Gasteiger partial charge < -0.3 is 14.6 Å². The highest BCUT2D eigenvalue weighted by molar-refractivity contribution is 5.76. The fraction of sp³-hybridized carbons (Fsp3) is 0.714. The van der Waals surface area contributed by atoms with E-state index in [1.165, 1.54) is 0 Å². The van der Waals surface area contributed by atoms with E-state index in [0.29, 0.717) is 18.8 Å². The molecule has 1 amide bonds. The van der Waals surface area contributed by atoms with Crippen LogP contribution in [0.5, 0.6) is 0 Å². The first-order chi connectivity index (χ1) is 9.16. The van der Waals surface area contributed by atoms with Crippen LogP contribution in [-0.2, 0) is 16.0 Å². The number of nitrogens with one attached hydrogen (secondary N) is 1. The molecule has 2 rings (SSSR count). The predicted octanol–water partition coefficient (Wildman–Crippen LogP) is 1.77. The molecule has 5 heteroatoms. The van der Waals surface area contributed by atoms with Crippen LogP contribution in [0.4, 0.5) is 0 Å². The summed E-state index contributed by atoms with van der Waals surface area (Å²) in [6.45, 7) is 6.20. The van der Waals surface area contributed by atoms with E-state index in [0.717, 1.165) is 49.6 Å². The standard InChI is InChI=1S/C14H22N2O3/c1-10-13(11(2)19-16-10)3-4-14(17)15-9-12-5-7-18-8-6-12/h12H,3-9H2,1-2H3,(H,15,17). The lowest BCUT2D eigenvalue weighted by molar-refractivity contribution is -0.121. The van der Waals surface area contributed by atoms with Crippen molar-refractivity contribution < 1.29 is 14.1 Å². The second-order valence-electron chi connectivity index (χ2n) is 5.16. The molecule has 0 aromatic carbocycles. The molecule has 0 unspecified atom stereocenters. The number of nitrogens with zero attached hydrogens (tertiary/aromatic N) is 1. The van der Waals surface area contributed by atoms with Crippen LogP contribution in [0.15, 0.2) is 4.52 Å². The highest BCUT2D eigenvalue weighted by atomic mass is 16.5. The molecule has 0 bridgehead atoms. The number of aryl methyl sites for hydroxylation is 2. The van der Waals surface area contributed by atoms with Gasteiger partial charge in [0.15, 0.2) is 0 Å². The van der Waals surface area contributed by atoms with Crippen LogP contribution in [0.2, 0.25) is 0 Å². The maximum absolute atomic E-state index is 11.8. The van der Waals surface area contributed by atoms with Crippen LogP contribution in [0.1, 0.15) is 36.3 Å². The normalized spacial score (nSPS) is 16.5. The summed E-state index contributed by atoms with van der Waals surface area (Å²) < 4.78 is 10.4. The highest BCUT2D eigenvalue weighted by Crippen LogP contribution is 2.15. The maximum Gasteiger partial charge on any atom is 0.220 e. The van der Waals surface area contributed by atoms with Crippen molar-refractivity contribution in [3.05, 3.63) is 17.0 Å². The predicted molar refractivity (Wildman–Crippen MR) is 70.9 cm³/mol. The SMILES string of the molecule is Cc1noc(C)c1CCC(=O)NCC1CCOCC1. The fourth-order valence-electron chi connectivity index (χ4n) is 2.39. The lowest BCUT2D eigenvalue weighted by Crippen LogP contribution is -2.32. The summed E-state index contributed by atoms with van der Waals surface area (Å²) in [5.41, 5.74) is 1.94. The molecule has 1 N–H and O–H groups in total. The molecule has 1 saturated heterocycles. The van der Waals surface area contributed by atoms with Crippen molar-refractivity contribution in [3.63, 3.8) is 0 Å². The number of hydrogen-bond donors (Lipinski definition) is 1. The zero-order valence-electron chi connectivity index (χ0n) is 11.7. The third-order valence-electron chi connectivity index (χ3n) is 3.71. The largest absolute Gasteiger partial charge is 0.381 e. The van der Waals surface area contributed by atoms with E-state index >= 15 is 0 Å². The van der Waals surface area contributed by atoms with Crippen LogP contribution >= 0.6 is 0 Å². The van der Waals surface area contributed by atoms with Crippen molar-refractivity contribution in [2.24, 2.45) is 5.92 Å². The van der Waals surface area contributed by atoms with Crippen molar-refractivity contribution in [2.75, 3.05) is 19.8 Å². The monoisotopic (exact) mass is 266 g/mol. The molecule has 0 spiro atoms. The van der Waals surface area contributed by atoms with E-state index in [9.17, 15) is 4.79 Å². The van der Waals surface area contributed by atoms with Gasteiger partial charge in [-0.2, -0.15) is 0 Å². The molecule has 0 aliphatic carbocycles. The molecule has 1 fully saturated rings. The van der Waals surface area contributed by atoms with Gasteiger partial charge in [0, 0.05) is 31.7 Å². The molecule has 106 valence electrons. The minimum Gasteiger partial charge on any atom is -0.381 e. The lowest BCUT2D eigenvalue weighted by atomic mass is 10.0. The van der Waals surface area contributed by atoms with E-state index in [1.807, 2.05) is 13.8 Å². The topological polar surface area (TPSA) is 64.4 Å². The van der Waals surface area contributed by atoms with Gasteiger partial charge in [-0.25, -0.2) is 0 Å². The van der Waals surface area contributed by atoms with Gasteiger partial charge in [-0.1, -0.05) is 5.16 Å². The second-order valence-corrected chi connectivity index (χ2v) is 5.16. The van der Waals surface area contributed by atoms with Gasteiger partial charge in [0.25, 0.3) is 0 Å². The average Bonchev–Trinajstić information content (AvgIpc) is 2.75. The summed E-state index contributed by atoms with van der Waals surface area (Å²) >= 11 is 0. The Morgan fingerprint density at radius 2 is 2.11 bits per heavy atom. The molecule has 0 saturated carbocycles. The summed E-state index contributed by atoms with van der Waals surface area (Å²) in [5.74, 6) is 1.48. The van der Waals surface area contributed by atoms with Gasteiger partial charge in [0.1, 0.15) is 5.76 Å². The van der Waals surface area contributed by atoms with Crippen LogP contribution in [0, 0.1) is 19.8 Å². The summed E-state index contributed by atoms with van der Waals surface area (Å²) in [7, 11) is 0. The average molecular weight is 266 g/mol. The van der Waals surface area contributed by atoms with Gasteiger partial charge in [0.2, 0.25) is 5.91 Å². The molecule has 0 atom stereocenters. The second kappa shape index (κ2) is 6.70. The molecule has 0 radical (unpaired) electrons. The fourth-order valence-corrected chi connectivity index (χ4v) is 2.39. The van der Waals surface area contributed by atoms with Gasteiger partial charge in [0.05, 0.1) is 5.69 Å². The Morgan fingerprint density at radius 3 is 2.74 bits per heavy atom. The van der Waals surface area contributed by atoms with Crippen molar-refractivity contribution in [1.29, 1.82) is 0 Å². The van der Waals surface area contributed by atoms with Crippen LogP contribution in [-0.4, -0.2) is 30.8 Å². The zero-order chi connectivity index (χ0) is 13.7. The third kappa shape index (κ3) is 4.06. The number of carbonyl (C=O) groups is 1. The molecule has 1 aliphatic heterocycles. The van der Waals surface area contributed by atoms with Gasteiger partial charge in [-0.15, -0.1) is 0 Å². The molecule has 1 aliphatic rings. The highest BCUT2D eigenvalue weighted by Gasteiger charge is 2.15. The first kappa shape index (κ1) is 14.1. The molecule has 1 aromatic rings. The van der Waals surface area contributed by atoms with Crippen molar-refractivity contribution in [1.82, 2.24) is 10.5 Å². The summed E-state index contributed by atoms with van der Waals surface area (Å²) in [6, 6.07) is 0. The minimum absolute atomic E-state index is 0.103. The van der Waals surface area contributed by atoms with Gasteiger partial charge in [-0.05, 0) is 39.0 Å². The number of aromatic nitrogens is 1.